The average molecular weight is 286 g/mol. The fraction of sp³-hybridized carbons (Fsp3) is 0.0909. The normalized spacial score (nSPS) is 10.3. The summed E-state index contributed by atoms with van der Waals surface area (Å²) in [6.45, 7) is 1.67. The number of rotatable bonds is 3. The topological polar surface area (TPSA) is 79.5 Å². The highest BCUT2D eigenvalue weighted by atomic mass is 35.5. The smallest absolute Gasteiger partial charge is 0.346 e. The molecule has 0 saturated heterocycles. The van der Waals surface area contributed by atoms with Gasteiger partial charge < -0.3 is 14.8 Å². The molecule has 0 aliphatic heterocycles. The predicted octanol–water partition coefficient (Wildman–Crippen LogP) is 3.25. The molecule has 5 nitrogen and oxygen atoms in total. The molecule has 94 valence electrons. The van der Waals surface area contributed by atoms with Gasteiger partial charge in [0, 0.05) is 0 Å². The van der Waals surface area contributed by atoms with Crippen LogP contribution in [0.3, 0.4) is 0 Å². The molecular formula is C11H8ClNO4S. The minimum atomic E-state index is -1.01. The molecule has 0 aliphatic carbocycles. The van der Waals surface area contributed by atoms with Crippen LogP contribution in [-0.2, 0) is 0 Å². The predicted molar refractivity (Wildman–Crippen MR) is 67.7 cm³/mol. The van der Waals surface area contributed by atoms with Crippen LogP contribution in [0, 0.1) is 6.92 Å². The molecule has 2 aromatic rings. The number of halogens is 1. The van der Waals surface area contributed by atoms with E-state index in [-0.39, 0.29) is 15.7 Å². The summed E-state index contributed by atoms with van der Waals surface area (Å²) in [6.07, 6.45) is 1.31. The Hall–Kier alpha value is -1.79. The molecule has 0 fully saturated rings. The molecule has 0 aromatic carbocycles. The molecule has 7 heteroatoms. The molecule has 2 heterocycles. The summed E-state index contributed by atoms with van der Waals surface area (Å²) in [5, 5.41) is 11.9. The Labute approximate surface area is 111 Å². The summed E-state index contributed by atoms with van der Waals surface area (Å²) >= 11 is 6.66. The van der Waals surface area contributed by atoms with E-state index in [1.165, 1.54) is 12.3 Å². The number of furan rings is 1. The SMILES string of the molecule is Cc1cc(NC(=O)c2ccoc2Cl)sc1C(=O)O. The second-order valence-electron chi connectivity index (χ2n) is 3.49. The van der Waals surface area contributed by atoms with E-state index in [9.17, 15) is 9.59 Å². The third kappa shape index (κ3) is 2.39. The zero-order chi connectivity index (χ0) is 13.3. The Morgan fingerprint density at radius 1 is 1.50 bits per heavy atom. The van der Waals surface area contributed by atoms with Crippen LogP contribution in [0.4, 0.5) is 5.00 Å². The van der Waals surface area contributed by atoms with E-state index in [1.54, 1.807) is 13.0 Å². The van der Waals surface area contributed by atoms with E-state index >= 15 is 0 Å². The Kier molecular flexibility index (Phi) is 3.40. The molecule has 2 rings (SSSR count). The number of aryl methyl sites for hydroxylation is 1. The second kappa shape index (κ2) is 4.83. The summed E-state index contributed by atoms with van der Waals surface area (Å²) in [6, 6.07) is 3.04. The molecule has 2 aromatic heterocycles. The number of carbonyl (C=O) groups is 2. The number of carbonyl (C=O) groups excluding carboxylic acids is 1. The molecular weight excluding hydrogens is 278 g/mol. The fourth-order valence-corrected chi connectivity index (χ4v) is 2.50. The monoisotopic (exact) mass is 285 g/mol. The first-order valence-corrected chi connectivity index (χ1v) is 6.06. The van der Waals surface area contributed by atoms with Gasteiger partial charge in [-0.25, -0.2) is 4.79 Å². The van der Waals surface area contributed by atoms with Gasteiger partial charge in [0.15, 0.2) is 0 Å². The summed E-state index contributed by atoms with van der Waals surface area (Å²) < 4.78 is 4.80. The molecule has 0 aliphatic rings. The van der Waals surface area contributed by atoms with Gasteiger partial charge in [0.25, 0.3) is 5.91 Å². The molecule has 0 saturated carbocycles. The van der Waals surface area contributed by atoms with Crippen molar-refractivity contribution in [2.24, 2.45) is 0 Å². The first-order chi connectivity index (χ1) is 8.49. The van der Waals surface area contributed by atoms with Crippen LogP contribution in [-0.4, -0.2) is 17.0 Å². The van der Waals surface area contributed by atoms with Gasteiger partial charge in [-0.15, -0.1) is 11.3 Å². The number of carboxylic acid groups (broad SMARTS) is 1. The van der Waals surface area contributed by atoms with Gasteiger partial charge in [-0.05, 0) is 36.2 Å². The van der Waals surface area contributed by atoms with Gasteiger partial charge in [0.2, 0.25) is 5.22 Å². The molecule has 0 spiro atoms. The second-order valence-corrected chi connectivity index (χ2v) is 4.89. The molecule has 18 heavy (non-hydrogen) atoms. The van der Waals surface area contributed by atoms with E-state index in [1.807, 2.05) is 0 Å². The zero-order valence-corrected chi connectivity index (χ0v) is 10.8. The van der Waals surface area contributed by atoms with Crippen molar-refractivity contribution >= 4 is 39.8 Å². The van der Waals surface area contributed by atoms with Gasteiger partial charge in [-0.2, -0.15) is 0 Å². The summed E-state index contributed by atoms with van der Waals surface area (Å²) in [5.74, 6) is -1.45. The highest BCUT2D eigenvalue weighted by Gasteiger charge is 2.17. The van der Waals surface area contributed by atoms with Crippen LogP contribution in [0.25, 0.3) is 0 Å². The number of carboxylic acids is 1. The van der Waals surface area contributed by atoms with Crippen molar-refractivity contribution in [1.29, 1.82) is 0 Å². The van der Waals surface area contributed by atoms with Crippen LogP contribution in [0.1, 0.15) is 25.6 Å². The Morgan fingerprint density at radius 3 is 2.72 bits per heavy atom. The van der Waals surface area contributed by atoms with E-state index in [2.05, 4.69) is 5.32 Å². The van der Waals surface area contributed by atoms with Crippen LogP contribution >= 0.6 is 22.9 Å². The van der Waals surface area contributed by atoms with Gasteiger partial charge >= 0.3 is 5.97 Å². The maximum absolute atomic E-state index is 11.8. The lowest BCUT2D eigenvalue weighted by atomic mass is 10.3. The van der Waals surface area contributed by atoms with Crippen LogP contribution < -0.4 is 5.32 Å². The van der Waals surface area contributed by atoms with E-state index in [0.717, 1.165) is 11.3 Å². The van der Waals surface area contributed by atoms with Crippen molar-refractivity contribution in [1.82, 2.24) is 0 Å². The van der Waals surface area contributed by atoms with Crippen molar-refractivity contribution < 1.29 is 19.1 Å². The molecule has 0 atom stereocenters. The number of aromatic carboxylic acids is 1. The molecule has 0 radical (unpaired) electrons. The largest absolute Gasteiger partial charge is 0.477 e. The quantitative estimate of drug-likeness (QED) is 0.907. The van der Waals surface area contributed by atoms with Gasteiger partial charge in [0.1, 0.15) is 4.88 Å². The summed E-state index contributed by atoms with van der Waals surface area (Å²) in [4.78, 5) is 22.9. The number of thiophene rings is 1. The number of amides is 1. The zero-order valence-electron chi connectivity index (χ0n) is 9.19. The first kappa shape index (κ1) is 12.7. The van der Waals surface area contributed by atoms with Gasteiger partial charge in [-0.1, -0.05) is 0 Å². The summed E-state index contributed by atoms with van der Waals surface area (Å²) in [7, 11) is 0. The van der Waals surface area contributed by atoms with Crippen LogP contribution in [0.2, 0.25) is 5.22 Å². The summed E-state index contributed by atoms with van der Waals surface area (Å²) in [5.41, 5.74) is 0.806. The minimum Gasteiger partial charge on any atom is -0.477 e. The maximum atomic E-state index is 11.8. The van der Waals surface area contributed by atoms with Crippen LogP contribution in [0.5, 0.6) is 0 Å². The number of nitrogens with one attached hydrogen (secondary N) is 1. The Balaban J connectivity index is 2.20. The lowest BCUT2D eigenvalue weighted by Gasteiger charge is -1.99. The van der Waals surface area contributed by atoms with Crippen LogP contribution in [0.15, 0.2) is 22.8 Å². The van der Waals surface area contributed by atoms with Gasteiger partial charge in [-0.3, -0.25) is 4.79 Å². The first-order valence-electron chi connectivity index (χ1n) is 4.87. The van der Waals surface area contributed by atoms with Crippen molar-refractivity contribution in [2.75, 3.05) is 5.32 Å². The molecule has 0 bridgehead atoms. The van der Waals surface area contributed by atoms with Crippen molar-refractivity contribution in [3.8, 4) is 0 Å². The Bertz CT molecular complexity index is 616. The number of anilines is 1. The maximum Gasteiger partial charge on any atom is 0.346 e. The van der Waals surface area contributed by atoms with Crippen molar-refractivity contribution in [3.05, 3.63) is 39.6 Å². The Morgan fingerprint density at radius 2 is 2.22 bits per heavy atom. The van der Waals surface area contributed by atoms with E-state index in [4.69, 9.17) is 21.1 Å². The molecule has 2 N–H and O–H groups in total. The third-order valence-electron chi connectivity index (χ3n) is 2.21. The fourth-order valence-electron chi connectivity index (χ4n) is 1.39. The van der Waals surface area contributed by atoms with E-state index in [0.29, 0.717) is 10.6 Å². The van der Waals surface area contributed by atoms with Crippen molar-refractivity contribution in [2.45, 2.75) is 6.92 Å². The minimum absolute atomic E-state index is 0.000707. The van der Waals surface area contributed by atoms with E-state index < -0.39 is 11.9 Å². The van der Waals surface area contributed by atoms with Gasteiger partial charge in [0.05, 0.1) is 16.8 Å². The third-order valence-corrected chi connectivity index (χ3v) is 3.64. The number of hydrogen-bond donors (Lipinski definition) is 2. The van der Waals surface area contributed by atoms with Crippen molar-refractivity contribution in [3.63, 3.8) is 0 Å². The lowest BCUT2D eigenvalue weighted by molar-refractivity contribution is 0.0701. The highest BCUT2D eigenvalue weighted by molar-refractivity contribution is 7.18. The standard InChI is InChI=1S/C11H8ClNO4S/c1-5-4-7(18-8(5)11(15)16)13-10(14)6-2-3-17-9(6)12/h2-4H,1H3,(H,13,14)(H,15,16). The lowest BCUT2D eigenvalue weighted by Crippen LogP contribution is -2.10. The number of hydrogen-bond acceptors (Lipinski definition) is 4. The molecule has 0 unspecified atom stereocenters. The highest BCUT2D eigenvalue weighted by Crippen LogP contribution is 2.27. The molecule has 1 amide bonds. The average Bonchev–Trinajstić information content (AvgIpc) is 2.84.